The minimum atomic E-state index is -0.909. The molecule has 0 radical (unpaired) electrons. The van der Waals surface area contributed by atoms with E-state index in [-0.39, 0.29) is 4.47 Å². The van der Waals surface area contributed by atoms with Crippen LogP contribution < -0.4 is 0 Å². The number of hydrogen-bond donors (Lipinski definition) is 1. The molecule has 1 unspecified atom stereocenters. The maximum Gasteiger partial charge on any atom is 0.137 e. The van der Waals surface area contributed by atoms with Gasteiger partial charge in [-0.3, -0.25) is 0 Å². The lowest BCUT2D eigenvalue weighted by Gasteiger charge is -2.14. The highest BCUT2D eigenvalue weighted by molar-refractivity contribution is 9.10. The highest BCUT2D eigenvalue weighted by Gasteiger charge is 2.16. The van der Waals surface area contributed by atoms with Gasteiger partial charge in [0.15, 0.2) is 0 Å². The van der Waals surface area contributed by atoms with E-state index in [1.807, 2.05) is 13.0 Å². The van der Waals surface area contributed by atoms with Gasteiger partial charge in [-0.2, -0.15) is 0 Å². The molecule has 0 heterocycles. The Balaban J connectivity index is 2.44. The van der Waals surface area contributed by atoms with Crippen LogP contribution in [0.2, 0.25) is 5.02 Å². The molecule has 4 heteroatoms. The second-order valence-electron chi connectivity index (χ2n) is 4.05. The van der Waals surface area contributed by atoms with Gasteiger partial charge in [-0.25, -0.2) is 4.39 Å². The van der Waals surface area contributed by atoms with Gasteiger partial charge in [0.05, 0.1) is 4.47 Å². The van der Waals surface area contributed by atoms with Crippen molar-refractivity contribution in [3.8, 4) is 0 Å². The van der Waals surface area contributed by atoms with Crippen molar-refractivity contribution in [2.24, 2.45) is 0 Å². The van der Waals surface area contributed by atoms with Crippen LogP contribution in [0.25, 0.3) is 0 Å². The van der Waals surface area contributed by atoms with Crippen LogP contribution in [-0.4, -0.2) is 5.11 Å². The summed E-state index contributed by atoms with van der Waals surface area (Å²) in [6.45, 7) is 1.89. The molecule has 0 saturated carbocycles. The number of aliphatic hydroxyl groups is 1. The third kappa shape index (κ3) is 2.58. The Bertz CT molecular complexity index is 586. The number of aliphatic hydroxyl groups excluding tert-OH is 1. The molecule has 2 aromatic carbocycles. The summed E-state index contributed by atoms with van der Waals surface area (Å²) in [4.78, 5) is 0. The second kappa shape index (κ2) is 5.39. The average molecular weight is 330 g/mol. The Morgan fingerprint density at radius 3 is 2.67 bits per heavy atom. The van der Waals surface area contributed by atoms with Crippen molar-refractivity contribution in [1.82, 2.24) is 0 Å². The Hall–Kier alpha value is -0.900. The first kappa shape index (κ1) is 13.5. The summed E-state index contributed by atoms with van der Waals surface area (Å²) in [7, 11) is 0. The molecule has 1 N–H and O–H groups in total. The lowest BCUT2D eigenvalue weighted by atomic mass is 10.0. The van der Waals surface area contributed by atoms with Crippen LogP contribution in [0.15, 0.2) is 40.9 Å². The molecule has 0 aromatic heterocycles. The molecule has 0 aliphatic carbocycles. The summed E-state index contributed by atoms with van der Waals surface area (Å²) in [6.07, 6.45) is -0.909. The molecule has 1 atom stereocenters. The molecule has 2 rings (SSSR count). The van der Waals surface area contributed by atoms with Crippen molar-refractivity contribution in [3.05, 3.63) is 68.4 Å². The molecule has 1 nitrogen and oxygen atoms in total. The van der Waals surface area contributed by atoms with E-state index in [0.29, 0.717) is 16.1 Å². The fraction of sp³-hybridized carbons (Fsp3) is 0.143. The van der Waals surface area contributed by atoms with Gasteiger partial charge in [-0.15, -0.1) is 0 Å². The maximum atomic E-state index is 13.4. The van der Waals surface area contributed by atoms with E-state index in [4.69, 9.17) is 11.6 Å². The summed E-state index contributed by atoms with van der Waals surface area (Å²) in [5, 5.41) is 10.8. The van der Waals surface area contributed by atoms with Gasteiger partial charge >= 0.3 is 0 Å². The molecule has 0 aliphatic rings. The Morgan fingerprint density at radius 2 is 2.00 bits per heavy atom. The van der Waals surface area contributed by atoms with Crippen molar-refractivity contribution in [2.45, 2.75) is 13.0 Å². The number of hydrogen-bond acceptors (Lipinski definition) is 1. The third-order valence-electron chi connectivity index (χ3n) is 2.79. The zero-order valence-electron chi connectivity index (χ0n) is 9.62. The van der Waals surface area contributed by atoms with Gasteiger partial charge in [-0.05, 0) is 46.1 Å². The zero-order valence-corrected chi connectivity index (χ0v) is 12.0. The Morgan fingerprint density at radius 1 is 1.28 bits per heavy atom. The molecule has 2 aromatic rings. The molecule has 0 amide bonds. The Kier molecular flexibility index (Phi) is 4.05. The summed E-state index contributed by atoms with van der Waals surface area (Å²) in [6, 6.07) is 9.87. The van der Waals surface area contributed by atoms with Crippen LogP contribution in [0.5, 0.6) is 0 Å². The summed E-state index contributed by atoms with van der Waals surface area (Å²) >= 11 is 9.16. The third-order valence-corrected chi connectivity index (χ3v) is 4.03. The number of aryl methyl sites for hydroxylation is 1. The normalized spacial score (nSPS) is 12.5. The minimum absolute atomic E-state index is 0.272. The van der Waals surface area contributed by atoms with Crippen molar-refractivity contribution in [1.29, 1.82) is 0 Å². The molecule has 0 saturated heterocycles. The molecule has 0 spiro atoms. The summed E-state index contributed by atoms with van der Waals surface area (Å²) in [5.74, 6) is -0.398. The maximum absolute atomic E-state index is 13.4. The van der Waals surface area contributed by atoms with Gasteiger partial charge < -0.3 is 5.11 Å². The number of benzene rings is 2. The lowest BCUT2D eigenvalue weighted by Crippen LogP contribution is -2.02. The molecule has 94 valence electrons. The standard InChI is InChI=1S/C14H11BrClFO/c1-8-5-6-9(7-11(8)16)14(18)10-3-2-4-12(17)13(10)15/h2-7,14,18H,1H3. The first-order valence-electron chi connectivity index (χ1n) is 5.38. The molecule has 0 aliphatic heterocycles. The Labute approximate surface area is 118 Å². The molecule has 18 heavy (non-hydrogen) atoms. The second-order valence-corrected chi connectivity index (χ2v) is 5.25. The van der Waals surface area contributed by atoms with Gasteiger partial charge in [-0.1, -0.05) is 35.9 Å². The average Bonchev–Trinajstić information content (AvgIpc) is 2.35. The van der Waals surface area contributed by atoms with Crippen LogP contribution >= 0.6 is 27.5 Å². The molecule has 0 fully saturated rings. The highest BCUT2D eigenvalue weighted by atomic mass is 79.9. The van der Waals surface area contributed by atoms with Crippen LogP contribution in [0.1, 0.15) is 22.8 Å². The van der Waals surface area contributed by atoms with Gasteiger partial charge in [0.2, 0.25) is 0 Å². The topological polar surface area (TPSA) is 20.2 Å². The van der Waals surface area contributed by atoms with Crippen LogP contribution in [0, 0.1) is 12.7 Å². The molecule has 0 bridgehead atoms. The van der Waals surface area contributed by atoms with Gasteiger partial charge in [0, 0.05) is 10.6 Å². The predicted molar refractivity (Wildman–Crippen MR) is 74.4 cm³/mol. The van der Waals surface area contributed by atoms with Crippen molar-refractivity contribution < 1.29 is 9.50 Å². The van der Waals surface area contributed by atoms with E-state index in [9.17, 15) is 9.50 Å². The first-order chi connectivity index (χ1) is 8.50. The van der Waals surface area contributed by atoms with E-state index >= 15 is 0 Å². The fourth-order valence-corrected chi connectivity index (χ4v) is 2.36. The van der Waals surface area contributed by atoms with Crippen LogP contribution in [0.3, 0.4) is 0 Å². The van der Waals surface area contributed by atoms with Gasteiger partial charge in [0.1, 0.15) is 11.9 Å². The monoisotopic (exact) mass is 328 g/mol. The van der Waals surface area contributed by atoms with E-state index < -0.39 is 11.9 Å². The minimum Gasteiger partial charge on any atom is -0.384 e. The number of rotatable bonds is 2. The predicted octanol–water partition coefficient (Wildman–Crippen LogP) is 4.63. The van der Waals surface area contributed by atoms with Crippen molar-refractivity contribution in [3.63, 3.8) is 0 Å². The molecular formula is C14H11BrClFO. The van der Waals surface area contributed by atoms with Gasteiger partial charge in [0.25, 0.3) is 0 Å². The highest BCUT2D eigenvalue weighted by Crippen LogP contribution is 2.31. The van der Waals surface area contributed by atoms with Crippen LogP contribution in [0.4, 0.5) is 4.39 Å². The SMILES string of the molecule is Cc1ccc(C(O)c2cccc(F)c2Br)cc1Cl. The van der Waals surface area contributed by atoms with Crippen molar-refractivity contribution in [2.75, 3.05) is 0 Å². The quantitative estimate of drug-likeness (QED) is 0.851. The summed E-state index contributed by atoms with van der Waals surface area (Å²) in [5.41, 5.74) is 2.05. The largest absolute Gasteiger partial charge is 0.384 e. The van der Waals surface area contributed by atoms with E-state index in [1.165, 1.54) is 6.07 Å². The van der Waals surface area contributed by atoms with Crippen molar-refractivity contribution >= 4 is 27.5 Å². The first-order valence-corrected chi connectivity index (χ1v) is 6.56. The van der Waals surface area contributed by atoms with E-state index in [1.54, 1.807) is 24.3 Å². The van der Waals surface area contributed by atoms with Crippen LogP contribution in [-0.2, 0) is 0 Å². The molecular weight excluding hydrogens is 319 g/mol. The van der Waals surface area contributed by atoms with E-state index in [2.05, 4.69) is 15.9 Å². The smallest absolute Gasteiger partial charge is 0.137 e. The zero-order chi connectivity index (χ0) is 13.3. The fourth-order valence-electron chi connectivity index (χ4n) is 1.69. The number of halogens is 3. The van der Waals surface area contributed by atoms with E-state index in [0.717, 1.165) is 5.56 Å². The summed E-state index contributed by atoms with van der Waals surface area (Å²) < 4.78 is 13.7. The lowest BCUT2D eigenvalue weighted by molar-refractivity contribution is 0.219.